The molecule has 1 heterocycles. The first kappa shape index (κ1) is 14.5. The van der Waals surface area contributed by atoms with Crippen LogP contribution in [0.2, 0.25) is 0 Å². The van der Waals surface area contributed by atoms with Crippen LogP contribution in [0.1, 0.15) is 39.2 Å². The van der Waals surface area contributed by atoms with Gasteiger partial charge >= 0.3 is 0 Å². The van der Waals surface area contributed by atoms with Gasteiger partial charge in [-0.15, -0.1) is 0 Å². The molecule has 0 saturated carbocycles. The largest absolute Gasteiger partial charge is 0.399 e. The van der Waals surface area contributed by atoms with Gasteiger partial charge in [-0.25, -0.2) is 0 Å². The number of anilines is 1. The summed E-state index contributed by atoms with van der Waals surface area (Å²) in [5.74, 6) is -0.557. The van der Waals surface area contributed by atoms with Crippen LogP contribution in [0, 0.1) is 0 Å². The van der Waals surface area contributed by atoms with Crippen molar-refractivity contribution in [2.45, 2.75) is 13.0 Å². The summed E-state index contributed by atoms with van der Waals surface area (Å²) in [6, 6.07) is 18.4. The smallest absolute Gasteiger partial charge is 0.262 e. The summed E-state index contributed by atoms with van der Waals surface area (Å²) in [7, 11) is 0. The maximum Gasteiger partial charge on any atom is 0.262 e. The van der Waals surface area contributed by atoms with Crippen molar-refractivity contribution in [3.8, 4) is 0 Å². The lowest BCUT2D eigenvalue weighted by Crippen LogP contribution is -2.32. The minimum absolute atomic E-state index is 0.268. The normalized spacial score (nSPS) is 15.0. The molecule has 1 aliphatic heterocycles. The number of amides is 2. The molecule has 0 bridgehead atoms. The van der Waals surface area contributed by atoms with E-state index in [9.17, 15) is 9.59 Å². The van der Waals surface area contributed by atoms with E-state index in [1.165, 1.54) is 4.90 Å². The highest BCUT2D eigenvalue weighted by atomic mass is 16.2. The van der Waals surface area contributed by atoms with Gasteiger partial charge in [-0.2, -0.15) is 0 Å². The van der Waals surface area contributed by atoms with Crippen LogP contribution >= 0.6 is 0 Å². The standard InChI is InChI=1S/C20H16N2O2/c1-12(15-8-4-6-13-5-2-3-7-16(13)15)22-19(23)17-10-9-14(21)11-18(17)20(22)24/h2-12H,21H2,1H3/t12-/m1/s1. The van der Waals surface area contributed by atoms with Gasteiger partial charge in [0.2, 0.25) is 0 Å². The van der Waals surface area contributed by atoms with Crippen LogP contribution < -0.4 is 5.73 Å². The van der Waals surface area contributed by atoms with Gasteiger partial charge in [-0.05, 0) is 41.5 Å². The Morgan fingerprint density at radius 1 is 0.875 bits per heavy atom. The van der Waals surface area contributed by atoms with Crippen molar-refractivity contribution in [1.29, 1.82) is 0 Å². The molecule has 4 heteroatoms. The Labute approximate surface area is 139 Å². The zero-order valence-electron chi connectivity index (χ0n) is 13.2. The van der Waals surface area contributed by atoms with Crippen LogP contribution in [0.5, 0.6) is 0 Å². The van der Waals surface area contributed by atoms with E-state index >= 15 is 0 Å². The highest BCUT2D eigenvalue weighted by Crippen LogP contribution is 2.34. The first-order valence-electron chi connectivity index (χ1n) is 7.83. The number of hydrogen-bond acceptors (Lipinski definition) is 3. The molecule has 118 valence electrons. The van der Waals surface area contributed by atoms with Gasteiger partial charge in [0.15, 0.2) is 0 Å². The Morgan fingerprint density at radius 3 is 2.42 bits per heavy atom. The number of nitrogens with two attached hydrogens (primary N) is 1. The number of nitrogens with zero attached hydrogens (tertiary/aromatic N) is 1. The number of carbonyl (C=O) groups is 2. The second-order valence-electron chi connectivity index (χ2n) is 6.03. The van der Waals surface area contributed by atoms with Crippen LogP contribution in [-0.2, 0) is 0 Å². The second kappa shape index (κ2) is 5.20. The van der Waals surface area contributed by atoms with Gasteiger partial charge in [-0.3, -0.25) is 14.5 Å². The number of nitrogen functional groups attached to an aromatic ring is 1. The average molecular weight is 316 g/mol. The van der Waals surface area contributed by atoms with Gasteiger partial charge in [-0.1, -0.05) is 42.5 Å². The van der Waals surface area contributed by atoms with Gasteiger partial charge in [0, 0.05) is 5.69 Å². The zero-order valence-corrected chi connectivity index (χ0v) is 13.2. The van der Waals surface area contributed by atoms with Crippen LogP contribution in [0.25, 0.3) is 10.8 Å². The number of carbonyl (C=O) groups excluding carboxylic acids is 2. The molecule has 2 amide bonds. The summed E-state index contributed by atoms with van der Waals surface area (Å²) < 4.78 is 0. The summed E-state index contributed by atoms with van der Waals surface area (Å²) >= 11 is 0. The number of imide groups is 1. The third kappa shape index (κ3) is 2.00. The quantitative estimate of drug-likeness (QED) is 0.578. The van der Waals surface area contributed by atoms with Crippen molar-refractivity contribution < 1.29 is 9.59 Å². The summed E-state index contributed by atoms with van der Waals surface area (Å²) in [6.45, 7) is 1.88. The molecule has 0 aliphatic carbocycles. The molecule has 0 fully saturated rings. The third-order valence-corrected chi connectivity index (χ3v) is 4.60. The predicted octanol–water partition coefficient (Wildman–Crippen LogP) is 3.78. The van der Waals surface area contributed by atoms with E-state index in [1.54, 1.807) is 18.2 Å². The van der Waals surface area contributed by atoms with Gasteiger partial charge in [0.1, 0.15) is 0 Å². The first-order chi connectivity index (χ1) is 11.6. The van der Waals surface area contributed by atoms with Crippen molar-refractivity contribution in [2.24, 2.45) is 0 Å². The molecule has 4 rings (SSSR count). The Balaban J connectivity index is 1.82. The monoisotopic (exact) mass is 316 g/mol. The minimum Gasteiger partial charge on any atom is -0.399 e. The van der Waals surface area contributed by atoms with Crippen molar-refractivity contribution in [1.82, 2.24) is 4.90 Å². The second-order valence-corrected chi connectivity index (χ2v) is 6.03. The molecule has 0 radical (unpaired) electrons. The Morgan fingerprint density at radius 2 is 1.58 bits per heavy atom. The molecule has 0 unspecified atom stereocenters. The van der Waals surface area contributed by atoms with E-state index in [2.05, 4.69) is 0 Å². The number of fused-ring (bicyclic) bond motifs is 2. The van der Waals surface area contributed by atoms with E-state index in [-0.39, 0.29) is 17.9 Å². The van der Waals surface area contributed by atoms with Crippen LogP contribution in [-0.4, -0.2) is 16.7 Å². The number of benzene rings is 3. The van der Waals surface area contributed by atoms with E-state index in [0.29, 0.717) is 16.8 Å². The highest BCUT2D eigenvalue weighted by Gasteiger charge is 2.39. The lowest BCUT2D eigenvalue weighted by Gasteiger charge is -2.24. The molecular formula is C20H16N2O2. The van der Waals surface area contributed by atoms with E-state index in [4.69, 9.17) is 5.73 Å². The van der Waals surface area contributed by atoms with E-state index in [1.807, 2.05) is 49.4 Å². The lowest BCUT2D eigenvalue weighted by molar-refractivity contribution is 0.0596. The average Bonchev–Trinajstić information content (AvgIpc) is 2.84. The Kier molecular flexibility index (Phi) is 3.13. The molecule has 0 aromatic heterocycles. The lowest BCUT2D eigenvalue weighted by atomic mass is 9.99. The molecule has 3 aromatic carbocycles. The fraction of sp³-hybridized carbons (Fsp3) is 0.100. The molecule has 2 N–H and O–H groups in total. The summed E-state index contributed by atoms with van der Waals surface area (Å²) in [5, 5.41) is 2.13. The summed E-state index contributed by atoms with van der Waals surface area (Å²) in [5.41, 5.74) is 8.00. The van der Waals surface area contributed by atoms with Crippen molar-refractivity contribution >= 4 is 28.3 Å². The SMILES string of the molecule is C[C@H](c1cccc2ccccc12)N1C(=O)c2ccc(N)cc2C1=O. The van der Waals surface area contributed by atoms with Crippen molar-refractivity contribution in [2.75, 3.05) is 5.73 Å². The Bertz CT molecular complexity index is 989. The van der Waals surface area contributed by atoms with Gasteiger partial charge in [0.05, 0.1) is 17.2 Å². The first-order valence-corrected chi connectivity index (χ1v) is 7.83. The van der Waals surface area contributed by atoms with Gasteiger partial charge in [0.25, 0.3) is 11.8 Å². The van der Waals surface area contributed by atoms with Crippen LogP contribution in [0.3, 0.4) is 0 Å². The molecule has 1 aliphatic rings. The molecule has 24 heavy (non-hydrogen) atoms. The molecule has 3 aromatic rings. The van der Waals surface area contributed by atoms with Crippen LogP contribution in [0.4, 0.5) is 5.69 Å². The maximum absolute atomic E-state index is 12.8. The highest BCUT2D eigenvalue weighted by molar-refractivity contribution is 6.22. The minimum atomic E-state index is -0.357. The zero-order chi connectivity index (χ0) is 16.8. The number of rotatable bonds is 2. The topological polar surface area (TPSA) is 63.4 Å². The Hall–Kier alpha value is -3.14. The number of hydrogen-bond donors (Lipinski definition) is 1. The van der Waals surface area contributed by atoms with E-state index in [0.717, 1.165) is 16.3 Å². The molecular weight excluding hydrogens is 300 g/mol. The fourth-order valence-electron chi connectivity index (χ4n) is 3.38. The third-order valence-electron chi connectivity index (χ3n) is 4.60. The fourth-order valence-corrected chi connectivity index (χ4v) is 3.38. The van der Waals surface area contributed by atoms with Crippen molar-refractivity contribution in [3.63, 3.8) is 0 Å². The summed E-state index contributed by atoms with van der Waals surface area (Å²) in [4.78, 5) is 26.8. The molecule has 0 spiro atoms. The van der Waals surface area contributed by atoms with Crippen LogP contribution in [0.15, 0.2) is 60.7 Å². The molecule has 4 nitrogen and oxygen atoms in total. The van der Waals surface area contributed by atoms with E-state index < -0.39 is 0 Å². The predicted molar refractivity (Wildman–Crippen MR) is 93.7 cm³/mol. The molecule has 0 saturated heterocycles. The maximum atomic E-state index is 12.8. The van der Waals surface area contributed by atoms with Gasteiger partial charge < -0.3 is 5.73 Å². The summed E-state index contributed by atoms with van der Waals surface area (Å²) in [6.07, 6.45) is 0. The molecule has 1 atom stereocenters. The van der Waals surface area contributed by atoms with Crippen molar-refractivity contribution in [3.05, 3.63) is 77.4 Å².